The molecule has 8 heteroatoms. The lowest BCUT2D eigenvalue weighted by Crippen LogP contribution is -2.14. The number of anilines is 1. The van der Waals surface area contributed by atoms with E-state index in [0.717, 1.165) is 17.7 Å². The zero-order chi connectivity index (χ0) is 16.5. The highest BCUT2D eigenvalue weighted by molar-refractivity contribution is 7.89. The molecule has 22 heavy (non-hydrogen) atoms. The van der Waals surface area contributed by atoms with Crippen molar-refractivity contribution >= 4 is 21.7 Å². The third-order valence-electron chi connectivity index (χ3n) is 2.89. The summed E-state index contributed by atoms with van der Waals surface area (Å²) in [6.07, 6.45) is 0. The molecule has 0 bridgehead atoms. The molecule has 2 aromatic rings. The van der Waals surface area contributed by atoms with E-state index in [0.29, 0.717) is 5.75 Å². The number of ether oxygens (including phenoxy) is 1. The fraction of sp³-hybridized carbons (Fsp3) is 0.0714. The van der Waals surface area contributed by atoms with Crippen LogP contribution in [0.25, 0.3) is 0 Å². The third kappa shape index (κ3) is 3.35. The molecular weight excluding hydrogens is 308 g/mol. The number of hydrogen-bond acceptors (Lipinski definition) is 5. The normalized spacial score (nSPS) is 11.2. The minimum atomic E-state index is -4.08. The Morgan fingerprint density at radius 3 is 2.27 bits per heavy atom. The highest BCUT2D eigenvalue weighted by Gasteiger charge is 2.21. The SMILES string of the molecule is Cc1ccc(Oc2c(N)cc(S(N)(=O)=O)cc2C(=O)O)cc1. The van der Waals surface area contributed by atoms with E-state index in [1.54, 1.807) is 24.3 Å². The molecule has 0 unspecified atom stereocenters. The van der Waals surface area contributed by atoms with Crippen LogP contribution in [0.3, 0.4) is 0 Å². The van der Waals surface area contributed by atoms with Gasteiger partial charge in [-0.1, -0.05) is 17.7 Å². The number of carboxylic acids is 1. The number of sulfonamides is 1. The van der Waals surface area contributed by atoms with E-state index >= 15 is 0 Å². The van der Waals surface area contributed by atoms with Gasteiger partial charge in [0.25, 0.3) is 0 Å². The van der Waals surface area contributed by atoms with Crippen LogP contribution >= 0.6 is 0 Å². The van der Waals surface area contributed by atoms with E-state index < -0.39 is 20.9 Å². The monoisotopic (exact) mass is 322 g/mol. The maximum atomic E-state index is 11.4. The van der Waals surface area contributed by atoms with Gasteiger partial charge in [-0.05, 0) is 31.2 Å². The second-order valence-electron chi connectivity index (χ2n) is 4.65. The summed E-state index contributed by atoms with van der Waals surface area (Å²) in [5.41, 5.74) is 6.21. The molecule has 0 atom stereocenters. The number of primary sulfonamides is 1. The van der Waals surface area contributed by atoms with Crippen molar-refractivity contribution in [1.82, 2.24) is 0 Å². The molecule has 0 aromatic heterocycles. The van der Waals surface area contributed by atoms with Crippen molar-refractivity contribution in [2.24, 2.45) is 5.14 Å². The van der Waals surface area contributed by atoms with Crippen LogP contribution < -0.4 is 15.6 Å². The van der Waals surface area contributed by atoms with Gasteiger partial charge >= 0.3 is 5.97 Å². The number of hydrogen-bond donors (Lipinski definition) is 3. The molecule has 0 amide bonds. The van der Waals surface area contributed by atoms with Crippen molar-refractivity contribution in [1.29, 1.82) is 0 Å². The van der Waals surface area contributed by atoms with Gasteiger partial charge in [-0.25, -0.2) is 18.4 Å². The summed E-state index contributed by atoms with van der Waals surface area (Å²) < 4.78 is 28.2. The lowest BCUT2D eigenvalue weighted by Gasteiger charge is -2.13. The number of aryl methyl sites for hydroxylation is 1. The Labute approximate surface area is 127 Å². The van der Waals surface area contributed by atoms with Crippen LogP contribution in [0.15, 0.2) is 41.3 Å². The summed E-state index contributed by atoms with van der Waals surface area (Å²) in [5, 5.41) is 14.2. The molecule has 5 N–H and O–H groups in total. The smallest absolute Gasteiger partial charge is 0.339 e. The second-order valence-corrected chi connectivity index (χ2v) is 6.22. The van der Waals surface area contributed by atoms with Gasteiger partial charge in [0, 0.05) is 0 Å². The average molecular weight is 322 g/mol. The molecule has 0 spiro atoms. The molecule has 0 fully saturated rings. The molecule has 2 aromatic carbocycles. The zero-order valence-corrected chi connectivity index (χ0v) is 12.4. The molecular formula is C14H14N2O5S. The van der Waals surface area contributed by atoms with Gasteiger partial charge in [-0.15, -0.1) is 0 Å². The van der Waals surface area contributed by atoms with Gasteiger partial charge in [0.2, 0.25) is 10.0 Å². The lowest BCUT2D eigenvalue weighted by molar-refractivity contribution is 0.0694. The first-order valence-corrected chi connectivity index (χ1v) is 7.67. The molecule has 0 heterocycles. The van der Waals surface area contributed by atoms with Crippen molar-refractivity contribution in [2.75, 3.05) is 5.73 Å². The Morgan fingerprint density at radius 1 is 1.18 bits per heavy atom. The van der Waals surface area contributed by atoms with Gasteiger partial charge in [0.1, 0.15) is 11.3 Å². The van der Waals surface area contributed by atoms with Crippen LogP contribution in [0.5, 0.6) is 11.5 Å². The second kappa shape index (κ2) is 5.66. The van der Waals surface area contributed by atoms with Crippen LogP contribution in [0, 0.1) is 6.92 Å². The maximum Gasteiger partial charge on any atom is 0.339 e. The van der Waals surface area contributed by atoms with Crippen molar-refractivity contribution in [3.63, 3.8) is 0 Å². The Bertz CT molecular complexity index is 829. The van der Waals surface area contributed by atoms with E-state index in [9.17, 15) is 18.3 Å². The van der Waals surface area contributed by atoms with Gasteiger partial charge in [-0.2, -0.15) is 0 Å². The summed E-state index contributed by atoms with van der Waals surface area (Å²) >= 11 is 0. The molecule has 0 aliphatic carbocycles. The topological polar surface area (TPSA) is 133 Å². The van der Waals surface area contributed by atoms with Gasteiger partial charge in [-0.3, -0.25) is 0 Å². The number of carbonyl (C=O) groups is 1. The molecule has 0 aliphatic heterocycles. The Morgan fingerprint density at radius 2 is 1.77 bits per heavy atom. The van der Waals surface area contributed by atoms with Crippen molar-refractivity contribution in [3.8, 4) is 11.5 Å². The third-order valence-corrected chi connectivity index (χ3v) is 3.78. The van der Waals surface area contributed by atoms with E-state index in [4.69, 9.17) is 15.6 Å². The minimum Gasteiger partial charge on any atom is -0.478 e. The average Bonchev–Trinajstić information content (AvgIpc) is 2.41. The van der Waals surface area contributed by atoms with Crippen molar-refractivity contribution in [2.45, 2.75) is 11.8 Å². The number of nitrogens with two attached hydrogens (primary N) is 2. The van der Waals surface area contributed by atoms with E-state index in [-0.39, 0.29) is 17.0 Å². The first-order chi connectivity index (χ1) is 10.2. The molecule has 0 aliphatic rings. The maximum absolute atomic E-state index is 11.4. The molecule has 2 rings (SSSR count). The number of nitrogen functional groups attached to an aromatic ring is 1. The van der Waals surface area contributed by atoms with Crippen LogP contribution in [-0.4, -0.2) is 19.5 Å². The number of aromatic carboxylic acids is 1. The number of rotatable bonds is 4. The van der Waals surface area contributed by atoms with Crippen LogP contribution in [0.2, 0.25) is 0 Å². The van der Waals surface area contributed by atoms with Crippen molar-refractivity contribution in [3.05, 3.63) is 47.5 Å². The number of carboxylic acid groups (broad SMARTS) is 1. The molecule has 116 valence electrons. The summed E-state index contributed by atoms with van der Waals surface area (Å²) in [5.74, 6) is -1.13. The predicted octanol–water partition coefficient (Wildman–Crippen LogP) is 1.72. The molecule has 0 radical (unpaired) electrons. The molecule has 0 saturated heterocycles. The highest BCUT2D eigenvalue weighted by Crippen LogP contribution is 2.34. The summed E-state index contributed by atoms with van der Waals surface area (Å²) in [4.78, 5) is 10.9. The first-order valence-electron chi connectivity index (χ1n) is 6.12. The molecule has 7 nitrogen and oxygen atoms in total. The lowest BCUT2D eigenvalue weighted by atomic mass is 10.1. The quantitative estimate of drug-likeness (QED) is 0.734. The Hall–Kier alpha value is -2.58. The van der Waals surface area contributed by atoms with Gasteiger partial charge in [0.15, 0.2) is 5.75 Å². The summed E-state index contributed by atoms with van der Waals surface area (Å²) in [7, 11) is -4.08. The zero-order valence-electron chi connectivity index (χ0n) is 11.6. The van der Waals surface area contributed by atoms with Gasteiger partial charge < -0.3 is 15.6 Å². The van der Waals surface area contributed by atoms with E-state index in [2.05, 4.69) is 0 Å². The van der Waals surface area contributed by atoms with Crippen LogP contribution in [0.4, 0.5) is 5.69 Å². The Kier molecular flexibility index (Phi) is 4.07. The van der Waals surface area contributed by atoms with Crippen LogP contribution in [-0.2, 0) is 10.0 Å². The predicted molar refractivity (Wildman–Crippen MR) is 80.4 cm³/mol. The standard InChI is InChI=1S/C14H14N2O5S/c1-8-2-4-9(5-3-8)21-13-11(14(17)18)6-10(7-12(13)15)22(16,19)20/h2-7H,15H2,1H3,(H,17,18)(H2,16,19,20). The van der Waals surface area contributed by atoms with E-state index in [1.165, 1.54) is 0 Å². The Balaban J connectivity index is 2.55. The largest absolute Gasteiger partial charge is 0.478 e. The number of benzene rings is 2. The summed E-state index contributed by atoms with van der Waals surface area (Å²) in [6.45, 7) is 1.89. The minimum absolute atomic E-state index is 0.135. The highest BCUT2D eigenvalue weighted by atomic mass is 32.2. The van der Waals surface area contributed by atoms with E-state index in [1.807, 2.05) is 6.92 Å². The van der Waals surface area contributed by atoms with Crippen LogP contribution in [0.1, 0.15) is 15.9 Å². The fourth-order valence-electron chi connectivity index (χ4n) is 1.78. The molecule has 0 saturated carbocycles. The van der Waals surface area contributed by atoms with Gasteiger partial charge in [0.05, 0.1) is 10.6 Å². The summed E-state index contributed by atoms with van der Waals surface area (Å²) in [6, 6.07) is 8.83. The first kappa shape index (κ1) is 15.8. The van der Waals surface area contributed by atoms with Crippen molar-refractivity contribution < 1.29 is 23.1 Å². The fourth-order valence-corrected chi connectivity index (χ4v) is 2.36.